The van der Waals surface area contributed by atoms with Gasteiger partial charge in [0, 0.05) is 17.1 Å². The van der Waals surface area contributed by atoms with Gasteiger partial charge in [0.15, 0.2) is 0 Å². The summed E-state index contributed by atoms with van der Waals surface area (Å²) < 4.78 is 30.8. The van der Waals surface area contributed by atoms with Gasteiger partial charge in [-0.15, -0.1) is 0 Å². The van der Waals surface area contributed by atoms with Gasteiger partial charge in [-0.05, 0) is 66.1 Å². The van der Waals surface area contributed by atoms with Gasteiger partial charge in [-0.3, -0.25) is 9.08 Å². The molecule has 1 aromatic carbocycles. The summed E-state index contributed by atoms with van der Waals surface area (Å²) >= 11 is 0. The molecule has 1 aliphatic rings. The lowest BCUT2D eigenvalue weighted by molar-refractivity contribution is -0.0538. The lowest BCUT2D eigenvalue weighted by Crippen LogP contribution is -2.60. The number of hydrogen-bond donors (Lipinski definition) is 1. The van der Waals surface area contributed by atoms with Crippen molar-refractivity contribution in [1.82, 2.24) is 4.90 Å². The third-order valence-electron chi connectivity index (χ3n) is 4.97. The van der Waals surface area contributed by atoms with Crippen LogP contribution in [0.2, 0.25) is 0 Å². The maximum atomic E-state index is 12.6. The zero-order valence-electron chi connectivity index (χ0n) is 14.8. The Labute approximate surface area is 139 Å². The van der Waals surface area contributed by atoms with Crippen LogP contribution in [0.3, 0.4) is 0 Å². The number of hydrogen-bond acceptors (Lipinski definition) is 5. The highest BCUT2D eigenvalue weighted by Gasteiger charge is 2.45. The number of phenols is 1. The maximum Gasteiger partial charge on any atom is 0.297 e. The van der Waals surface area contributed by atoms with Crippen LogP contribution in [0, 0.1) is 6.92 Å². The first-order valence-corrected chi connectivity index (χ1v) is 9.23. The van der Waals surface area contributed by atoms with Crippen LogP contribution in [0.1, 0.15) is 46.1 Å². The first kappa shape index (κ1) is 18.2. The quantitative estimate of drug-likeness (QED) is 0.856. The van der Waals surface area contributed by atoms with Gasteiger partial charge in [-0.1, -0.05) is 6.07 Å². The molecule has 23 heavy (non-hydrogen) atoms. The fourth-order valence-electron chi connectivity index (χ4n) is 3.44. The number of phenolic OH excluding ortho intramolecular Hbond substituents is 1. The Hall–Kier alpha value is -1.11. The predicted molar refractivity (Wildman–Crippen MR) is 90.1 cm³/mol. The first-order chi connectivity index (χ1) is 10.3. The minimum atomic E-state index is -3.91. The van der Waals surface area contributed by atoms with Gasteiger partial charge in [-0.2, -0.15) is 8.42 Å². The van der Waals surface area contributed by atoms with Crippen molar-refractivity contribution in [3.63, 3.8) is 0 Å². The molecular weight excluding hydrogens is 314 g/mol. The zero-order valence-corrected chi connectivity index (χ0v) is 15.6. The molecule has 130 valence electrons. The van der Waals surface area contributed by atoms with Crippen molar-refractivity contribution >= 4 is 10.1 Å². The second-order valence-electron chi connectivity index (χ2n) is 7.71. The fraction of sp³-hybridized carbons (Fsp3) is 0.647. The van der Waals surface area contributed by atoms with Crippen LogP contribution in [0.5, 0.6) is 5.75 Å². The van der Waals surface area contributed by atoms with E-state index in [0.29, 0.717) is 18.4 Å². The van der Waals surface area contributed by atoms with Gasteiger partial charge in [0.25, 0.3) is 10.1 Å². The minimum Gasteiger partial charge on any atom is -0.508 e. The van der Waals surface area contributed by atoms with E-state index in [1.807, 2.05) is 0 Å². The summed E-state index contributed by atoms with van der Waals surface area (Å²) in [5.74, 6) is -0.0817. The maximum absolute atomic E-state index is 12.6. The Balaban J connectivity index is 2.29. The SMILES string of the molecule is Cc1ccc(O)cc1S(=O)(=O)OC1CC(C)(C)N(C)C(C)(C)C1. The Bertz CT molecular complexity index is 677. The van der Waals surface area contributed by atoms with Crippen LogP contribution >= 0.6 is 0 Å². The molecule has 0 amide bonds. The van der Waals surface area contributed by atoms with Crippen molar-refractivity contribution in [3.05, 3.63) is 23.8 Å². The number of aryl methyl sites for hydroxylation is 1. The number of aromatic hydroxyl groups is 1. The van der Waals surface area contributed by atoms with Crippen LogP contribution in [0.25, 0.3) is 0 Å². The molecule has 0 aromatic heterocycles. The van der Waals surface area contributed by atoms with Crippen molar-refractivity contribution in [2.45, 2.75) is 69.5 Å². The molecule has 0 spiro atoms. The molecule has 2 rings (SSSR count). The average Bonchev–Trinajstić information content (AvgIpc) is 2.37. The molecule has 1 aromatic rings. The molecule has 6 heteroatoms. The van der Waals surface area contributed by atoms with Crippen molar-refractivity contribution in [3.8, 4) is 5.75 Å². The highest BCUT2D eigenvalue weighted by atomic mass is 32.2. The van der Waals surface area contributed by atoms with E-state index in [2.05, 4.69) is 39.6 Å². The molecule has 5 nitrogen and oxygen atoms in total. The fourth-order valence-corrected chi connectivity index (χ4v) is 4.76. The van der Waals surface area contributed by atoms with Crippen LogP contribution in [0.4, 0.5) is 0 Å². The Morgan fingerprint density at radius 3 is 2.22 bits per heavy atom. The standard InChI is InChI=1S/C17H27NO4S/c1-12-7-8-13(19)9-15(12)23(20,21)22-14-10-16(2,3)18(6)17(4,5)11-14/h7-9,14,19H,10-11H2,1-6H3. The summed E-state index contributed by atoms with van der Waals surface area (Å²) in [7, 11) is -1.85. The molecule has 1 saturated heterocycles. The second-order valence-corrected chi connectivity index (χ2v) is 9.25. The van der Waals surface area contributed by atoms with E-state index in [0.717, 1.165) is 0 Å². The third-order valence-corrected chi connectivity index (χ3v) is 6.48. The van der Waals surface area contributed by atoms with E-state index in [9.17, 15) is 13.5 Å². The van der Waals surface area contributed by atoms with Crippen molar-refractivity contribution in [1.29, 1.82) is 0 Å². The van der Waals surface area contributed by atoms with E-state index in [4.69, 9.17) is 4.18 Å². The molecular formula is C17H27NO4S. The largest absolute Gasteiger partial charge is 0.508 e. The van der Waals surface area contributed by atoms with Crippen molar-refractivity contribution in [2.75, 3.05) is 7.05 Å². The summed E-state index contributed by atoms with van der Waals surface area (Å²) in [6, 6.07) is 4.29. The molecule has 1 fully saturated rings. The highest BCUT2D eigenvalue weighted by molar-refractivity contribution is 7.86. The first-order valence-electron chi connectivity index (χ1n) is 7.82. The number of piperidine rings is 1. The van der Waals surface area contributed by atoms with Crippen LogP contribution in [-0.4, -0.2) is 42.7 Å². The number of likely N-dealkylation sites (tertiary alicyclic amines) is 1. The second kappa shape index (κ2) is 5.76. The molecule has 0 saturated carbocycles. The lowest BCUT2D eigenvalue weighted by Gasteiger charge is -2.53. The molecule has 0 bridgehead atoms. The number of nitrogens with zero attached hydrogens (tertiary/aromatic N) is 1. The van der Waals surface area contributed by atoms with Crippen molar-refractivity contribution in [2.24, 2.45) is 0 Å². The lowest BCUT2D eigenvalue weighted by atomic mass is 9.79. The summed E-state index contributed by atoms with van der Waals surface area (Å²) in [6.45, 7) is 10.1. The van der Waals surface area contributed by atoms with Gasteiger partial charge < -0.3 is 5.11 Å². The highest BCUT2D eigenvalue weighted by Crippen LogP contribution is 2.39. The average molecular weight is 341 g/mol. The molecule has 1 heterocycles. The van der Waals surface area contributed by atoms with Gasteiger partial charge in [-0.25, -0.2) is 0 Å². The monoisotopic (exact) mass is 341 g/mol. The minimum absolute atomic E-state index is 0.0343. The van der Waals surface area contributed by atoms with E-state index in [-0.39, 0.29) is 27.8 Å². The number of benzene rings is 1. The molecule has 0 unspecified atom stereocenters. The van der Waals surface area contributed by atoms with E-state index in [1.54, 1.807) is 13.0 Å². The van der Waals surface area contributed by atoms with Gasteiger partial charge in [0.05, 0.1) is 6.10 Å². The molecule has 0 aliphatic carbocycles. The molecule has 0 atom stereocenters. The third kappa shape index (κ3) is 3.70. The van der Waals surface area contributed by atoms with E-state index in [1.165, 1.54) is 12.1 Å². The number of rotatable bonds is 3. The topological polar surface area (TPSA) is 66.8 Å². The predicted octanol–water partition coefficient (Wildman–Crippen LogP) is 3.06. The van der Waals surface area contributed by atoms with Crippen LogP contribution in [0.15, 0.2) is 23.1 Å². The zero-order chi connectivity index (χ0) is 17.6. The van der Waals surface area contributed by atoms with Crippen LogP contribution < -0.4 is 0 Å². The van der Waals surface area contributed by atoms with E-state index >= 15 is 0 Å². The summed E-state index contributed by atoms with van der Waals surface area (Å²) in [4.78, 5) is 2.30. The molecule has 1 N–H and O–H groups in total. The molecule has 1 aliphatic heterocycles. The van der Waals surface area contributed by atoms with E-state index < -0.39 is 10.1 Å². The Morgan fingerprint density at radius 1 is 1.17 bits per heavy atom. The van der Waals surface area contributed by atoms with Gasteiger partial charge >= 0.3 is 0 Å². The van der Waals surface area contributed by atoms with Gasteiger partial charge in [0.1, 0.15) is 10.6 Å². The Kier molecular flexibility index (Phi) is 4.56. The smallest absolute Gasteiger partial charge is 0.297 e. The Morgan fingerprint density at radius 2 is 1.70 bits per heavy atom. The summed E-state index contributed by atoms with van der Waals surface area (Å²) in [6.07, 6.45) is 0.872. The van der Waals surface area contributed by atoms with Gasteiger partial charge in [0.2, 0.25) is 0 Å². The van der Waals surface area contributed by atoms with Crippen LogP contribution in [-0.2, 0) is 14.3 Å². The summed E-state index contributed by atoms with van der Waals surface area (Å²) in [5.41, 5.74) is 0.250. The summed E-state index contributed by atoms with van der Waals surface area (Å²) in [5, 5.41) is 9.58. The normalized spacial score (nSPS) is 22.2. The van der Waals surface area contributed by atoms with Crippen molar-refractivity contribution < 1.29 is 17.7 Å². The molecule has 0 radical (unpaired) electrons.